The fraction of sp³-hybridized carbons (Fsp3) is 0.290. The lowest BCUT2D eigenvalue weighted by Crippen LogP contribution is -1.92. The van der Waals surface area contributed by atoms with Gasteiger partial charge in [-0.25, -0.2) is 4.39 Å². The lowest BCUT2D eigenvalue weighted by molar-refractivity contribution is 0.599. The molecular formula is C31H33F. The largest absolute Gasteiger partial charge is 0.207 e. The second-order valence-electron chi connectivity index (χ2n) is 8.32. The van der Waals surface area contributed by atoms with Gasteiger partial charge in [0.25, 0.3) is 0 Å². The van der Waals surface area contributed by atoms with E-state index >= 15 is 0 Å². The van der Waals surface area contributed by atoms with Crippen molar-refractivity contribution < 1.29 is 4.39 Å². The van der Waals surface area contributed by atoms with Crippen LogP contribution < -0.4 is 0 Å². The fourth-order valence-corrected chi connectivity index (χ4v) is 3.76. The van der Waals surface area contributed by atoms with E-state index in [2.05, 4.69) is 49.6 Å². The van der Waals surface area contributed by atoms with Gasteiger partial charge in [0.2, 0.25) is 0 Å². The standard InChI is InChI=1S/C31H33F/c1-3-5-7-9-10-25-12-14-26(15-13-25)16-17-27-18-20-28(21-19-27)30-23-22-29(31(32)24-30)11-8-6-4-2/h3,12-15,18-24H,1,4-11H2,2H3. The molecule has 3 rings (SSSR count). The molecule has 0 saturated carbocycles. The summed E-state index contributed by atoms with van der Waals surface area (Å²) in [4.78, 5) is 0. The first kappa shape index (κ1) is 23.6. The van der Waals surface area contributed by atoms with E-state index < -0.39 is 0 Å². The van der Waals surface area contributed by atoms with Gasteiger partial charge in [-0.3, -0.25) is 0 Å². The summed E-state index contributed by atoms with van der Waals surface area (Å²) in [6.07, 6.45) is 10.7. The highest BCUT2D eigenvalue weighted by Gasteiger charge is 2.05. The third-order valence-electron chi connectivity index (χ3n) is 5.75. The maximum atomic E-state index is 14.5. The van der Waals surface area contributed by atoms with Crippen molar-refractivity contribution >= 4 is 0 Å². The number of benzene rings is 3. The summed E-state index contributed by atoms with van der Waals surface area (Å²) in [5.41, 5.74) is 6.06. The van der Waals surface area contributed by atoms with Crippen molar-refractivity contribution in [2.45, 2.75) is 58.3 Å². The molecule has 3 aromatic rings. The predicted octanol–water partition coefficient (Wildman–Crippen LogP) is 8.52. The Hall–Kier alpha value is -3.11. The Labute approximate surface area is 193 Å². The van der Waals surface area contributed by atoms with E-state index in [1.807, 2.05) is 42.5 Å². The topological polar surface area (TPSA) is 0 Å². The molecule has 0 nitrogen and oxygen atoms in total. The van der Waals surface area contributed by atoms with Crippen LogP contribution in [0, 0.1) is 17.7 Å². The van der Waals surface area contributed by atoms with Crippen LogP contribution in [0.4, 0.5) is 4.39 Å². The quantitative estimate of drug-likeness (QED) is 0.174. The van der Waals surface area contributed by atoms with Gasteiger partial charge in [-0.15, -0.1) is 6.58 Å². The summed E-state index contributed by atoms with van der Waals surface area (Å²) in [5, 5.41) is 0. The van der Waals surface area contributed by atoms with Crippen LogP contribution in [0.2, 0.25) is 0 Å². The van der Waals surface area contributed by atoms with E-state index in [0.717, 1.165) is 66.3 Å². The highest BCUT2D eigenvalue weighted by atomic mass is 19.1. The number of unbranched alkanes of at least 4 members (excludes halogenated alkanes) is 4. The monoisotopic (exact) mass is 424 g/mol. The average Bonchev–Trinajstić information content (AvgIpc) is 2.83. The Balaban J connectivity index is 1.60. The van der Waals surface area contributed by atoms with E-state index in [1.54, 1.807) is 6.07 Å². The molecule has 3 aromatic carbocycles. The number of aryl methyl sites for hydroxylation is 2. The first-order chi connectivity index (χ1) is 15.7. The Kier molecular flexibility index (Phi) is 9.33. The smallest absolute Gasteiger partial charge is 0.127 e. The maximum Gasteiger partial charge on any atom is 0.127 e. The SMILES string of the molecule is C=CCCCCc1ccc(C#Cc2ccc(-c3ccc(CCCCC)c(F)c3)cc2)cc1. The molecule has 0 unspecified atom stereocenters. The Morgan fingerprint density at radius 1 is 0.750 bits per heavy atom. The van der Waals surface area contributed by atoms with Crippen LogP contribution in [0.25, 0.3) is 11.1 Å². The molecule has 0 amide bonds. The van der Waals surface area contributed by atoms with Crippen LogP contribution in [0.5, 0.6) is 0 Å². The van der Waals surface area contributed by atoms with Gasteiger partial charge >= 0.3 is 0 Å². The van der Waals surface area contributed by atoms with E-state index in [4.69, 9.17) is 0 Å². The van der Waals surface area contributed by atoms with Crippen LogP contribution in [-0.2, 0) is 12.8 Å². The molecule has 32 heavy (non-hydrogen) atoms. The van der Waals surface area contributed by atoms with Gasteiger partial charge in [0.15, 0.2) is 0 Å². The van der Waals surface area contributed by atoms with Crippen molar-refractivity contribution in [1.82, 2.24) is 0 Å². The minimum atomic E-state index is -0.105. The number of hydrogen-bond donors (Lipinski definition) is 0. The summed E-state index contributed by atoms with van der Waals surface area (Å²) in [5.74, 6) is 6.37. The summed E-state index contributed by atoms with van der Waals surface area (Å²) >= 11 is 0. The molecule has 0 fully saturated rings. The van der Waals surface area contributed by atoms with E-state index in [9.17, 15) is 4.39 Å². The van der Waals surface area contributed by atoms with Gasteiger partial charge in [-0.1, -0.05) is 74.1 Å². The van der Waals surface area contributed by atoms with E-state index in [1.165, 1.54) is 18.4 Å². The Bertz CT molecular complexity index is 1050. The summed E-state index contributed by atoms with van der Waals surface area (Å²) in [6.45, 7) is 5.93. The lowest BCUT2D eigenvalue weighted by Gasteiger charge is -2.07. The van der Waals surface area contributed by atoms with Crippen molar-refractivity contribution in [1.29, 1.82) is 0 Å². The van der Waals surface area contributed by atoms with Gasteiger partial charge in [-0.2, -0.15) is 0 Å². The van der Waals surface area contributed by atoms with Crippen LogP contribution in [0.15, 0.2) is 79.4 Å². The molecule has 0 heterocycles. The molecule has 0 bridgehead atoms. The third-order valence-corrected chi connectivity index (χ3v) is 5.75. The number of hydrogen-bond acceptors (Lipinski definition) is 0. The number of halogens is 1. The zero-order chi connectivity index (χ0) is 22.6. The van der Waals surface area contributed by atoms with Gasteiger partial charge < -0.3 is 0 Å². The molecule has 0 radical (unpaired) electrons. The minimum absolute atomic E-state index is 0.105. The molecular weight excluding hydrogens is 391 g/mol. The van der Waals surface area contributed by atoms with Crippen LogP contribution in [0.3, 0.4) is 0 Å². The molecule has 164 valence electrons. The average molecular weight is 425 g/mol. The van der Waals surface area contributed by atoms with Crippen LogP contribution in [0.1, 0.15) is 67.7 Å². The lowest BCUT2D eigenvalue weighted by atomic mass is 10.00. The molecule has 0 saturated heterocycles. The molecule has 0 aliphatic rings. The minimum Gasteiger partial charge on any atom is -0.207 e. The highest BCUT2D eigenvalue weighted by Crippen LogP contribution is 2.23. The van der Waals surface area contributed by atoms with Crippen molar-refractivity contribution in [3.8, 4) is 23.0 Å². The van der Waals surface area contributed by atoms with E-state index in [0.29, 0.717) is 0 Å². The molecule has 0 aliphatic carbocycles. The highest BCUT2D eigenvalue weighted by molar-refractivity contribution is 5.65. The van der Waals surface area contributed by atoms with Gasteiger partial charge in [0.1, 0.15) is 5.82 Å². The second kappa shape index (κ2) is 12.7. The van der Waals surface area contributed by atoms with Crippen molar-refractivity contribution in [2.24, 2.45) is 0 Å². The van der Waals surface area contributed by atoms with Gasteiger partial charge in [0, 0.05) is 11.1 Å². The summed E-state index contributed by atoms with van der Waals surface area (Å²) in [7, 11) is 0. The van der Waals surface area contributed by atoms with Crippen molar-refractivity contribution in [3.05, 3.63) is 107 Å². The zero-order valence-electron chi connectivity index (χ0n) is 19.2. The molecule has 0 atom stereocenters. The maximum absolute atomic E-state index is 14.5. The van der Waals surface area contributed by atoms with Crippen LogP contribution in [-0.4, -0.2) is 0 Å². The number of rotatable bonds is 10. The predicted molar refractivity (Wildman–Crippen MR) is 135 cm³/mol. The fourth-order valence-electron chi connectivity index (χ4n) is 3.76. The molecule has 0 aliphatic heterocycles. The van der Waals surface area contributed by atoms with Crippen molar-refractivity contribution in [3.63, 3.8) is 0 Å². The normalized spacial score (nSPS) is 10.4. The second-order valence-corrected chi connectivity index (χ2v) is 8.32. The van der Waals surface area contributed by atoms with Gasteiger partial charge in [-0.05, 0) is 91.1 Å². The van der Waals surface area contributed by atoms with Crippen LogP contribution >= 0.6 is 0 Å². The molecule has 0 N–H and O–H groups in total. The first-order valence-electron chi connectivity index (χ1n) is 11.8. The summed E-state index contributed by atoms with van der Waals surface area (Å²) < 4.78 is 14.5. The van der Waals surface area contributed by atoms with Gasteiger partial charge in [0.05, 0.1) is 0 Å². The third kappa shape index (κ3) is 7.24. The summed E-state index contributed by atoms with van der Waals surface area (Å²) in [6, 6.07) is 22.2. The first-order valence-corrected chi connectivity index (χ1v) is 11.8. The Morgan fingerprint density at radius 3 is 2.00 bits per heavy atom. The van der Waals surface area contributed by atoms with E-state index in [-0.39, 0.29) is 5.82 Å². The zero-order valence-corrected chi connectivity index (χ0v) is 19.2. The van der Waals surface area contributed by atoms with Crippen molar-refractivity contribution in [2.75, 3.05) is 0 Å². The molecule has 1 heteroatoms. The number of allylic oxidation sites excluding steroid dienone is 1. The molecule has 0 spiro atoms. The Morgan fingerprint density at radius 2 is 1.38 bits per heavy atom. The molecule has 0 aromatic heterocycles.